The van der Waals surface area contributed by atoms with Crippen molar-refractivity contribution in [3.05, 3.63) is 72.1 Å². The van der Waals surface area contributed by atoms with Crippen molar-refractivity contribution >= 4 is 29.1 Å². The second-order valence-corrected chi connectivity index (χ2v) is 8.66. The van der Waals surface area contributed by atoms with Gasteiger partial charge >= 0.3 is 5.97 Å². The van der Waals surface area contributed by atoms with E-state index >= 15 is 0 Å². The van der Waals surface area contributed by atoms with Crippen molar-refractivity contribution in [1.29, 1.82) is 0 Å². The van der Waals surface area contributed by atoms with Gasteiger partial charge in [-0.1, -0.05) is 0 Å². The van der Waals surface area contributed by atoms with Gasteiger partial charge in [0.25, 0.3) is 11.8 Å². The van der Waals surface area contributed by atoms with E-state index < -0.39 is 5.91 Å². The van der Waals surface area contributed by atoms with Crippen LogP contribution in [0.1, 0.15) is 20.8 Å². The maximum absolute atomic E-state index is 13.0. The molecule has 0 aliphatic carbocycles. The van der Waals surface area contributed by atoms with E-state index in [0.29, 0.717) is 41.5 Å². The van der Waals surface area contributed by atoms with Crippen LogP contribution in [0, 0.1) is 5.92 Å². The summed E-state index contributed by atoms with van der Waals surface area (Å²) in [4.78, 5) is 43.0. The molecule has 0 bridgehead atoms. The molecule has 5 rings (SSSR count). The number of amides is 2. The minimum atomic E-state index is -0.420. The van der Waals surface area contributed by atoms with Gasteiger partial charge in [-0.3, -0.25) is 14.4 Å². The largest absolute Gasteiger partial charge is 0.493 e. The van der Waals surface area contributed by atoms with Crippen LogP contribution in [0.3, 0.4) is 0 Å². The molecule has 0 radical (unpaired) electrons. The van der Waals surface area contributed by atoms with E-state index in [1.807, 2.05) is 12.1 Å². The van der Waals surface area contributed by atoms with Crippen LogP contribution in [0.25, 0.3) is 16.9 Å². The summed E-state index contributed by atoms with van der Waals surface area (Å²) < 4.78 is 17.0. The average Bonchev–Trinajstić information content (AvgIpc) is 3.37. The molecule has 38 heavy (non-hydrogen) atoms. The van der Waals surface area contributed by atoms with Crippen LogP contribution in [0.4, 0.5) is 5.69 Å². The summed E-state index contributed by atoms with van der Waals surface area (Å²) in [5, 5.41) is 7.27. The molecular formula is C27H25N5O6. The maximum atomic E-state index is 13.0. The van der Waals surface area contributed by atoms with Crippen LogP contribution < -0.4 is 14.8 Å². The number of esters is 1. The first-order valence-electron chi connectivity index (χ1n) is 11.8. The molecular weight excluding hydrogens is 490 g/mol. The van der Waals surface area contributed by atoms with Crippen LogP contribution in [0.5, 0.6) is 11.5 Å². The van der Waals surface area contributed by atoms with Crippen LogP contribution >= 0.6 is 0 Å². The number of hydrogen-bond donors (Lipinski definition) is 1. The molecule has 0 atom stereocenters. The van der Waals surface area contributed by atoms with E-state index in [9.17, 15) is 14.4 Å². The molecule has 11 heteroatoms. The predicted octanol–water partition coefficient (Wildman–Crippen LogP) is 2.91. The fourth-order valence-corrected chi connectivity index (χ4v) is 4.25. The Morgan fingerprint density at radius 1 is 0.921 bits per heavy atom. The predicted molar refractivity (Wildman–Crippen MR) is 137 cm³/mol. The van der Waals surface area contributed by atoms with Crippen molar-refractivity contribution in [3.63, 3.8) is 0 Å². The van der Waals surface area contributed by atoms with Gasteiger partial charge in [-0.2, -0.15) is 5.10 Å². The van der Waals surface area contributed by atoms with Gasteiger partial charge in [0.1, 0.15) is 0 Å². The molecule has 1 fully saturated rings. The summed E-state index contributed by atoms with van der Waals surface area (Å²) in [6.45, 7) is 0.661. The number of carbonyl (C=O) groups is 3. The monoisotopic (exact) mass is 515 g/mol. The number of rotatable bonds is 7. The average molecular weight is 516 g/mol. The molecule has 2 aromatic carbocycles. The van der Waals surface area contributed by atoms with E-state index in [1.54, 1.807) is 72.3 Å². The van der Waals surface area contributed by atoms with Gasteiger partial charge in [0, 0.05) is 42.2 Å². The Bertz CT molecular complexity index is 1530. The Morgan fingerprint density at radius 2 is 1.66 bits per heavy atom. The minimum absolute atomic E-state index is 0.181. The molecule has 1 aliphatic rings. The first-order chi connectivity index (χ1) is 18.4. The molecule has 0 spiro atoms. The first-order valence-corrected chi connectivity index (χ1v) is 11.8. The van der Waals surface area contributed by atoms with Gasteiger partial charge in [0.05, 0.1) is 32.9 Å². The van der Waals surface area contributed by atoms with Gasteiger partial charge in [0.2, 0.25) is 0 Å². The van der Waals surface area contributed by atoms with Crippen molar-refractivity contribution in [2.24, 2.45) is 5.92 Å². The van der Waals surface area contributed by atoms with Crippen LogP contribution in [0.15, 0.2) is 60.8 Å². The minimum Gasteiger partial charge on any atom is -0.493 e. The summed E-state index contributed by atoms with van der Waals surface area (Å²) >= 11 is 0. The summed E-state index contributed by atoms with van der Waals surface area (Å²) in [6.07, 6.45) is 1.64. The highest BCUT2D eigenvalue weighted by Gasteiger charge is 2.36. The van der Waals surface area contributed by atoms with Crippen molar-refractivity contribution in [1.82, 2.24) is 19.5 Å². The number of fused-ring (bicyclic) bond motifs is 1. The molecule has 1 saturated heterocycles. The topological polar surface area (TPSA) is 124 Å². The summed E-state index contributed by atoms with van der Waals surface area (Å²) in [5.41, 5.74) is 3.18. The highest BCUT2D eigenvalue weighted by molar-refractivity contribution is 6.04. The number of methoxy groups -OCH3 is 3. The van der Waals surface area contributed by atoms with E-state index in [1.165, 1.54) is 7.11 Å². The molecule has 1 aliphatic heterocycles. The number of nitrogens with zero attached hydrogens (tertiary/aromatic N) is 4. The lowest BCUT2D eigenvalue weighted by Crippen LogP contribution is -2.53. The molecule has 3 heterocycles. The van der Waals surface area contributed by atoms with Crippen molar-refractivity contribution < 1.29 is 28.6 Å². The lowest BCUT2D eigenvalue weighted by atomic mass is 9.99. The summed E-state index contributed by atoms with van der Waals surface area (Å²) in [7, 11) is 4.47. The maximum Gasteiger partial charge on any atom is 0.312 e. The zero-order chi connectivity index (χ0) is 26.8. The highest BCUT2D eigenvalue weighted by atomic mass is 16.5. The smallest absolute Gasteiger partial charge is 0.312 e. The summed E-state index contributed by atoms with van der Waals surface area (Å²) in [5.74, 6) is -0.0297. The molecule has 0 saturated carbocycles. The molecule has 4 aromatic rings. The van der Waals surface area contributed by atoms with Gasteiger partial charge in [0.15, 0.2) is 22.8 Å². The van der Waals surface area contributed by atoms with Gasteiger partial charge in [-0.15, -0.1) is 0 Å². The number of ether oxygens (including phenoxy) is 3. The molecule has 194 valence electrons. The molecule has 11 nitrogen and oxygen atoms in total. The van der Waals surface area contributed by atoms with Crippen molar-refractivity contribution in [3.8, 4) is 22.8 Å². The number of nitrogens with one attached hydrogen (secondary N) is 1. The number of likely N-dealkylation sites (tertiary alicyclic amines) is 1. The number of aromatic nitrogens is 3. The van der Waals surface area contributed by atoms with Crippen molar-refractivity contribution in [2.75, 3.05) is 39.7 Å². The normalized spacial score (nSPS) is 13.1. The SMILES string of the molecule is COC(=O)C1CN(C(=O)c2ccc(NC(=O)c3cc4nccc(-c5ccc(OC)c(OC)c5)n4n3)cc2)C1. The van der Waals surface area contributed by atoms with Gasteiger partial charge in [-0.05, 0) is 48.5 Å². The van der Waals surface area contributed by atoms with E-state index in [4.69, 9.17) is 14.2 Å². The Balaban J connectivity index is 1.30. The van der Waals surface area contributed by atoms with E-state index in [0.717, 1.165) is 11.3 Å². The Kier molecular flexibility index (Phi) is 6.65. The number of anilines is 1. The lowest BCUT2D eigenvalue weighted by Gasteiger charge is -2.37. The van der Waals surface area contributed by atoms with E-state index in [2.05, 4.69) is 15.4 Å². The molecule has 1 N–H and O–H groups in total. The number of benzene rings is 2. The van der Waals surface area contributed by atoms with Gasteiger partial charge in [-0.25, -0.2) is 9.50 Å². The second kappa shape index (κ2) is 10.2. The number of carbonyl (C=O) groups excluding carboxylic acids is 3. The van der Waals surface area contributed by atoms with Crippen LogP contribution in [-0.2, 0) is 9.53 Å². The third-order valence-corrected chi connectivity index (χ3v) is 6.36. The third-order valence-electron chi connectivity index (χ3n) is 6.36. The standard InChI is InChI=1S/C27H25N5O6/c1-36-22-9-6-17(12-23(22)37-2)21-10-11-28-24-13-20(30-32(21)24)25(33)29-19-7-4-16(5-8-19)26(34)31-14-18(15-31)27(35)38-3/h4-13,18H,14-15H2,1-3H3,(H,29,33). The first kappa shape index (κ1) is 24.8. The van der Waals surface area contributed by atoms with Crippen LogP contribution in [-0.4, -0.2) is 71.7 Å². The molecule has 2 aromatic heterocycles. The molecule has 2 amide bonds. The Morgan fingerprint density at radius 3 is 2.34 bits per heavy atom. The highest BCUT2D eigenvalue weighted by Crippen LogP contribution is 2.32. The Labute approximate surface area is 217 Å². The van der Waals surface area contributed by atoms with Gasteiger partial charge < -0.3 is 24.4 Å². The molecule has 0 unspecified atom stereocenters. The second-order valence-electron chi connectivity index (χ2n) is 8.66. The van der Waals surface area contributed by atoms with Crippen LogP contribution in [0.2, 0.25) is 0 Å². The zero-order valence-electron chi connectivity index (χ0n) is 21.0. The fourth-order valence-electron chi connectivity index (χ4n) is 4.25. The quantitative estimate of drug-likeness (QED) is 0.373. The van der Waals surface area contributed by atoms with Crippen molar-refractivity contribution in [2.45, 2.75) is 0 Å². The Hall–Kier alpha value is -4.93. The third kappa shape index (κ3) is 4.61. The zero-order valence-corrected chi connectivity index (χ0v) is 21.0. The summed E-state index contributed by atoms with van der Waals surface area (Å²) in [6, 6.07) is 15.4. The lowest BCUT2D eigenvalue weighted by molar-refractivity contribution is -0.149. The van der Waals surface area contributed by atoms with E-state index in [-0.39, 0.29) is 23.5 Å². The fraction of sp³-hybridized carbons (Fsp3) is 0.222. The number of hydrogen-bond acceptors (Lipinski definition) is 8.